The fourth-order valence-electron chi connectivity index (χ4n) is 2.57. The van der Waals surface area contributed by atoms with Crippen LogP contribution in [0.25, 0.3) is 0 Å². The SMILES string of the molecule is CN1CCC(CN(C)c2ccccc2N)CC1. The highest BCUT2D eigenvalue weighted by atomic mass is 15.1. The van der Waals surface area contributed by atoms with E-state index in [1.165, 1.54) is 25.9 Å². The summed E-state index contributed by atoms with van der Waals surface area (Å²) in [6, 6.07) is 8.11. The van der Waals surface area contributed by atoms with Crippen LogP contribution < -0.4 is 10.6 Å². The lowest BCUT2D eigenvalue weighted by atomic mass is 9.96. The third-order valence-corrected chi connectivity index (χ3v) is 3.72. The molecule has 1 aromatic rings. The molecule has 2 N–H and O–H groups in total. The molecule has 0 unspecified atom stereocenters. The second-order valence-corrected chi connectivity index (χ2v) is 5.19. The number of rotatable bonds is 3. The maximum absolute atomic E-state index is 6.00. The Morgan fingerprint density at radius 3 is 2.59 bits per heavy atom. The van der Waals surface area contributed by atoms with Crippen LogP contribution in [0.4, 0.5) is 11.4 Å². The van der Waals surface area contributed by atoms with Gasteiger partial charge in [0.25, 0.3) is 0 Å². The number of hydrogen-bond acceptors (Lipinski definition) is 3. The largest absolute Gasteiger partial charge is 0.397 e. The van der Waals surface area contributed by atoms with Gasteiger partial charge in [-0.2, -0.15) is 0 Å². The second kappa shape index (κ2) is 5.41. The zero-order valence-corrected chi connectivity index (χ0v) is 10.9. The Labute approximate surface area is 104 Å². The van der Waals surface area contributed by atoms with Gasteiger partial charge in [-0.05, 0) is 51.0 Å². The molecule has 2 rings (SSSR count). The monoisotopic (exact) mass is 233 g/mol. The summed E-state index contributed by atoms with van der Waals surface area (Å²) in [5.41, 5.74) is 8.04. The summed E-state index contributed by atoms with van der Waals surface area (Å²) in [5.74, 6) is 0.802. The fraction of sp³-hybridized carbons (Fsp3) is 0.571. The van der Waals surface area contributed by atoms with Crippen LogP contribution >= 0.6 is 0 Å². The van der Waals surface area contributed by atoms with E-state index in [9.17, 15) is 0 Å². The van der Waals surface area contributed by atoms with Gasteiger partial charge in [0.15, 0.2) is 0 Å². The number of anilines is 2. The molecule has 1 aliphatic heterocycles. The fourth-order valence-corrected chi connectivity index (χ4v) is 2.57. The van der Waals surface area contributed by atoms with E-state index in [-0.39, 0.29) is 0 Å². The van der Waals surface area contributed by atoms with Crippen molar-refractivity contribution in [3.63, 3.8) is 0 Å². The van der Waals surface area contributed by atoms with Crippen molar-refractivity contribution < 1.29 is 0 Å². The van der Waals surface area contributed by atoms with Crippen LogP contribution in [0.5, 0.6) is 0 Å². The zero-order valence-electron chi connectivity index (χ0n) is 10.9. The van der Waals surface area contributed by atoms with Crippen LogP contribution in [0.3, 0.4) is 0 Å². The third-order valence-electron chi connectivity index (χ3n) is 3.72. The van der Waals surface area contributed by atoms with E-state index in [0.717, 1.165) is 23.8 Å². The Hall–Kier alpha value is -1.22. The average molecular weight is 233 g/mol. The minimum Gasteiger partial charge on any atom is -0.397 e. The lowest BCUT2D eigenvalue weighted by molar-refractivity contribution is 0.222. The van der Waals surface area contributed by atoms with E-state index in [0.29, 0.717) is 0 Å². The Morgan fingerprint density at radius 1 is 1.29 bits per heavy atom. The molecular weight excluding hydrogens is 210 g/mol. The van der Waals surface area contributed by atoms with Crippen molar-refractivity contribution >= 4 is 11.4 Å². The molecule has 1 fully saturated rings. The van der Waals surface area contributed by atoms with Gasteiger partial charge in [0.2, 0.25) is 0 Å². The number of nitrogen functional groups attached to an aromatic ring is 1. The molecule has 0 aliphatic carbocycles. The summed E-state index contributed by atoms with van der Waals surface area (Å²) in [6.07, 6.45) is 2.60. The van der Waals surface area contributed by atoms with Gasteiger partial charge in [0.05, 0.1) is 11.4 Å². The highest BCUT2D eigenvalue weighted by Crippen LogP contribution is 2.24. The summed E-state index contributed by atoms with van der Waals surface area (Å²) < 4.78 is 0. The Balaban J connectivity index is 1.93. The van der Waals surface area contributed by atoms with E-state index < -0.39 is 0 Å². The molecule has 17 heavy (non-hydrogen) atoms. The van der Waals surface area contributed by atoms with E-state index in [2.05, 4.69) is 36.0 Å². The molecule has 0 radical (unpaired) electrons. The van der Waals surface area contributed by atoms with Crippen molar-refractivity contribution in [1.82, 2.24) is 4.90 Å². The Bertz CT molecular complexity index is 356. The maximum Gasteiger partial charge on any atom is 0.0597 e. The number of piperidine rings is 1. The van der Waals surface area contributed by atoms with Gasteiger partial charge in [-0.3, -0.25) is 0 Å². The van der Waals surface area contributed by atoms with Crippen LogP contribution in [-0.2, 0) is 0 Å². The average Bonchev–Trinajstić information content (AvgIpc) is 2.32. The van der Waals surface area contributed by atoms with E-state index in [1.54, 1.807) is 0 Å². The number of benzene rings is 1. The van der Waals surface area contributed by atoms with E-state index in [1.807, 2.05) is 12.1 Å². The Morgan fingerprint density at radius 2 is 1.94 bits per heavy atom. The first-order chi connectivity index (χ1) is 8.16. The molecule has 0 aromatic heterocycles. The topological polar surface area (TPSA) is 32.5 Å². The van der Waals surface area contributed by atoms with Crippen molar-refractivity contribution in [2.45, 2.75) is 12.8 Å². The predicted octanol–water partition coefficient (Wildman–Crippen LogP) is 2.05. The lowest BCUT2D eigenvalue weighted by Gasteiger charge is -2.32. The first-order valence-corrected chi connectivity index (χ1v) is 6.41. The van der Waals surface area contributed by atoms with Gasteiger partial charge < -0.3 is 15.5 Å². The Kier molecular flexibility index (Phi) is 3.89. The summed E-state index contributed by atoms with van der Waals surface area (Å²) in [6.45, 7) is 3.56. The highest BCUT2D eigenvalue weighted by molar-refractivity contribution is 5.66. The van der Waals surface area contributed by atoms with Crippen LogP contribution in [0.15, 0.2) is 24.3 Å². The lowest BCUT2D eigenvalue weighted by Crippen LogP contribution is -2.35. The van der Waals surface area contributed by atoms with Crippen molar-refractivity contribution in [3.8, 4) is 0 Å². The predicted molar refractivity (Wildman–Crippen MR) is 74.3 cm³/mol. The molecule has 3 nitrogen and oxygen atoms in total. The normalized spacial score (nSPS) is 18.2. The first-order valence-electron chi connectivity index (χ1n) is 6.41. The molecule has 3 heteroatoms. The van der Waals surface area contributed by atoms with Gasteiger partial charge in [0.1, 0.15) is 0 Å². The maximum atomic E-state index is 6.00. The van der Waals surface area contributed by atoms with Gasteiger partial charge in [-0.25, -0.2) is 0 Å². The molecule has 1 aromatic carbocycles. The third kappa shape index (κ3) is 3.13. The molecular formula is C14H23N3. The summed E-state index contributed by atoms with van der Waals surface area (Å²) >= 11 is 0. The number of hydrogen-bond donors (Lipinski definition) is 1. The van der Waals surface area contributed by atoms with Crippen LogP contribution in [0, 0.1) is 5.92 Å². The number of likely N-dealkylation sites (tertiary alicyclic amines) is 1. The molecule has 0 spiro atoms. The van der Waals surface area contributed by atoms with Crippen LogP contribution in [0.1, 0.15) is 12.8 Å². The highest BCUT2D eigenvalue weighted by Gasteiger charge is 2.18. The van der Waals surface area contributed by atoms with Gasteiger partial charge >= 0.3 is 0 Å². The summed E-state index contributed by atoms with van der Waals surface area (Å²) in [4.78, 5) is 4.71. The number of nitrogens with zero attached hydrogens (tertiary/aromatic N) is 2. The van der Waals surface area contributed by atoms with Gasteiger partial charge in [-0.1, -0.05) is 12.1 Å². The molecule has 0 bridgehead atoms. The van der Waals surface area contributed by atoms with Crippen LogP contribution in [-0.4, -0.2) is 38.6 Å². The first kappa shape index (κ1) is 12.2. The summed E-state index contributed by atoms with van der Waals surface area (Å²) in [5, 5.41) is 0. The molecule has 1 heterocycles. The minimum absolute atomic E-state index is 0.802. The quantitative estimate of drug-likeness (QED) is 0.811. The van der Waals surface area contributed by atoms with Crippen molar-refractivity contribution in [2.75, 3.05) is 44.4 Å². The standard InChI is InChI=1S/C14H23N3/c1-16-9-7-12(8-10-16)11-17(2)14-6-4-3-5-13(14)15/h3-6,12H,7-11,15H2,1-2H3. The van der Waals surface area contributed by atoms with E-state index >= 15 is 0 Å². The number of nitrogens with two attached hydrogens (primary N) is 1. The minimum atomic E-state index is 0.802. The second-order valence-electron chi connectivity index (χ2n) is 5.19. The molecule has 0 saturated carbocycles. The molecule has 1 saturated heterocycles. The summed E-state index contributed by atoms with van der Waals surface area (Å²) in [7, 11) is 4.35. The van der Waals surface area contributed by atoms with Crippen molar-refractivity contribution in [3.05, 3.63) is 24.3 Å². The zero-order chi connectivity index (χ0) is 12.3. The van der Waals surface area contributed by atoms with E-state index in [4.69, 9.17) is 5.73 Å². The smallest absolute Gasteiger partial charge is 0.0597 e. The molecule has 0 atom stereocenters. The van der Waals surface area contributed by atoms with Crippen molar-refractivity contribution in [1.29, 1.82) is 0 Å². The van der Waals surface area contributed by atoms with Gasteiger partial charge in [0, 0.05) is 13.6 Å². The number of para-hydroxylation sites is 2. The molecule has 1 aliphatic rings. The van der Waals surface area contributed by atoms with Crippen molar-refractivity contribution in [2.24, 2.45) is 5.92 Å². The molecule has 0 amide bonds. The molecule has 94 valence electrons. The van der Waals surface area contributed by atoms with Gasteiger partial charge in [-0.15, -0.1) is 0 Å². The van der Waals surface area contributed by atoms with Crippen LogP contribution in [0.2, 0.25) is 0 Å².